The van der Waals surface area contributed by atoms with Gasteiger partial charge in [0.2, 0.25) is 0 Å². The van der Waals surface area contributed by atoms with E-state index in [1.54, 1.807) is 0 Å². The third kappa shape index (κ3) is 2.93. The van der Waals surface area contributed by atoms with Crippen molar-refractivity contribution in [1.29, 1.82) is 0 Å². The van der Waals surface area contributed by atoms with E-state index in [-0.39, 0.29) is 46.8 Å². The van der Waals surface area contributed by atoms with Crippen molar-refractivity contribution in [2.75, 3.05) is 0 Å². The molecule has 28 heavy (non-hydrogen) atoms. The smallest absolute Gasteiger partial charge is 0.303 e. The van der Waals surface area contributed by atoms with Crippen LogP contribution in [0.25, 0.3) is 0 Å². The van der Waals surface area contributed by atoms with Crippen LogP contribution in [0.15, 0.2) is 11.6 Å². The molecular weight excluding hydrogens is 356 g/mol. The van der Waals surface area contributed by atoms with Crippen molar-refractivity contribution in [3.8, 4) is 0 Å². The van der Waals surface area contributed by atoms with Crippen LogP contribution >= 0.6 is 0 Å². The largest absolute Gasteiger partial charge is 0.462 e. The Hall–Kier alpha value is -1.65. The van der Waals surface area contributed by atoms with Crippen LogP contribution in [0.4, 0.5) is 0 Å². The van der Waals surface area contributed by atoms with E-state index in [1.807, 2.05) is 0 Å². The molecule has 3 fully saturated rings. The Kier molecular flexibility index (Phi) is 4.71. The molecular formula is C23H32O5. The Morgan fingerprint density at radius 1 is 0.964 bits per heavy atom. The summed E-state index contributed by atoms with van der Waals surface area (Å²) in [5, 5.41) is 0. The second-order valence-corrected chi connectivity index (χ2v) is 9.87. The molecule has 5 heteroatoms. The highest BCUT2D eigenvalue weighted by atomic mass is 16.5. The maximum absolute atomic E-state index is 12.7. The number of carbonyl (C=O) groups excluding carboxylic acids is 3. The van der Waals surface area contributed by atoms with Crippen LogP contribution in [0.1, 0.15) is 72.6 Å². The minimum Gasteiger partial charge on any atom is -0.462 e. The third-order valence-electron chi connectivity index (χ3n) is 8.41. The van der Waals surface area contributed by atoms with Crippen LogP contribution in [0.2, 0.25) is 0 Å². The van der Waals surface area contributed by atoms with E-state index < -0.39 is 0 Å². The molecule has 7 atom stereocenters. The van der Waals surface area contributed by atoms with Crippen molar-refractivity contribution in [2.24, 2.45) is 28.6 Å². The molecule has 0 aromatic rings. The van der Waals surface area contributed by atoms with Gasteiger partial charge in [0.1, 0.15) is 18.0 Å². The van der Waals surface area contributed by atoms with Crippen molar-refractivity contribution < 1.29 is 23.9 Å². The second kappa shape index (κ2) is 6.70. The lowest BCUT2D eigenvalue weighted by Crippen LogP contribution is -2.55. The fourth-order valence-electron chi connectivity index (χ4n) is 7.00. The SMILES string of the molecule is CC(=O)O[C@H]1CC[C@@]2(C)C(=C[C@@H](OC(C)=O)[C@@H]3[C@@H]2CC[C@]2(C)C(=O)CC[C@@H]32)C1. The molecule has 4 rings (SSSR count). The first-order chi connectivity index (χ1) is 13.1. The molecule has 3 saturated carbocycles. The molecule has 154 valence electrons. The summed E-state index contributed by atoms with van der Waals surface area (Å²) in [6.45, 7) is 7.39. The lowest BCUT2D eigenvalue weighted by molar-refractivity contribution is -0.159. The first kappa shape index (κ1) is 19.7. The number of rotatable bonds is 2. The number of carbonyl (C=O) groups is 3. The fraction of sp³-hybridized carbons (Fsp3) is 0.783. The molecule has 0 amide bonds. The van der Waals surface area contributed by atoms with E-state index in [2.05, 4.69) is 19.9 Å². The number of ether oxygens (including phenoxy) is 2. The van der Waals surface area contributed by atoms with Crippen LogP contribution in [-0.4, -0.2) is 29.9 Å². The summed E-state index contributed by atoms with van der Waals surface area (Å²) in [6.07, 6.45) is 7.82. The normalized spacial score (nSPS) is 44.6. The molecule has 0 bridgehead atoms. The first-order valence-electron chi connectivity index (χ1n) is 10.7. The predicted octanol–water partition coefficient (Wildman–Crippen LogP) is 3.99. The third-order valence-corrected chi connectivity index (χ3v) is 8.41. The zero-order valence-corrected chi connectivity index (χ0v) is 17.5. The van der Waals surface area contributed by atoms with Gasteiger partial charge in [-0.1, -0.05) is 19.4 Å². The zero-order valence-electron chi connectivity index (χ0n) is 17.5. The Morgan fingerprint density at radius 2 is 1.61 bits per heavy atom. The Balaban J connectivity index is 1.71. The predicted molar refractivity (Wildman–Crippen MR) is 103 cm³/mol. The highest BCUT2D eigenvalue weighted by Gasteiger charge is 2.61. The lowest BCUT2D eigenvalue weighted by Gasteiger charge is -2.58. The number of hydrogen-bond donors (Lipinski definition) is 0. The molecule has 4 aliphatic rings. The maximum atomic E-state index is 12.7. The van der Waals surface area contributed by atoms with Crippen molar-refractivity contribution >= 4 is 17.7 Å². The van der Waals surface area contributed by atoms with Gasteiger partial charge in [0.25, 0.3) is 0 Å². The first-order valence-corrected chi connectivity index (χ1v) is 10.7. The lowest BCUT2D eigenvalue weighted by atomic mass is 9.47. The van der Waals surface area contributed by atoms with Gasteiger partial charge >= 0.3 is 11.9 Å². The van der Waals surface area contributed by atoms with Crippen LogP contribution in [0, 0.1) is 28.6 Å². The minimum atomic E-state index is -0.280. The molecule has 0 aliphatic heterocycles. The monoisotopic (exact) mass is 388 g/mol. The number of Topliss-reactive ketones (excluding diaryl/α,β-unsaturated/α-hetero) is 1. The van der Waals surface area contributed by atoms with E-state index in [1.165, 1.54) is 19.4 Å². The van der Waals surface area contributed by atoms with Gasteiger partial charge in [0, 0.05) is 38.0 Å². The average molecular weight is 389 g/mol. The van der Waals surface area contributed by atoms with E-state index in [9.17, 15) is 14.4 Å². The summed E-state index contributed by atoms with van der Waals surface area (Å²) in [4.78, 5) is 36.0. The van der Waals surface area contributed by atoms with Gasteiger partial charge in [0.15, 0.2) is 0 Å². The van der Waals surface area contributed by atoms with Crippen LogP contribution < -0.4 is 0 Å². The Labute approximate surface area is 167 Å². The van der Waals surface area contributed by atoms with Crippen LogP contribution in [0.3, 0.4) is 0 Å². The van der Waals surface area contributed by atoms with E-state index >= 15 is 0 Å². The molecule has 0 aromatic heterocycles. The summed E-state index contributed by atoms with van der Waals surface area (Å²) >= 11 is 0. The molecule has 0 aromatic carbocycles. The van der Waals surface area contributed by atoms with E-state index in [0.29, 0.717) is 18.1 Å². The summed E-state index contributed by atoms with van der Waals surface area (Å²) in [7, 11) is 0. The zero-order chi connectivity index (χ0) is 20.3. The molecule has 5 nitrogen and oxygen atoms in total. The Bertz CT molecular complexity index is 739. The molecule has 0 saturated heterocycles. The number of ketones is 1. The fourth-order valence-corrected chi connectivity index (χ4v) is 7.00. The van der Waals surface area contributed by atoms with Gasteiger partial charge in [-0.15, -0.1) is 0 Å². The summed E-state index contributed by atoms with van der Waals surface area (Å²) in [5.74, 6) is 0.762. The molecule has 4 aliphatic carbocycles. The highest BCUT2D eigenvalue weighted by molar-refractivity contribution is 5.87. The van der Waals surface area contributed by atoms with Crippen LogP contribution in [0.5, 0.6) is 0 Å². The summed E-state index contributed by atoms with van der Waals surface area (Å²) < 4.78 is 11.3. The van der Waals surface area contributed by atoms with Gasteiger partial charge in [-0.25, -0.2) is 0 Å². The van der Waals surface area contributed by atoms with Gasteiger partial charge in [-0.2, -0.15) is 0 Å². The number of esters is 2. The molecule has 0 N–H and O–H groups in total. The molecule has 0 unspecified atom stereocenters. The molecule has 0 spiro atoms. The van der Waals surface area contributed by atoms with Crippen molar-refractivity contribution in [2.45, 2.75) is 84.8 Å². The number of hydrogen-bond acceptors (Lipinski definition) is 5. The maximum Gasteiger partial charge on any atom is 0.303 e. The molecule has 0 heterocycles. The van der Waals surface area contributed by atoms with E-state index in [0.717, 1.165) is 38.5 Å². The van der Waals surface area contributed by atoms with Crippen molar-refractivity contribution in [3.63, 3.8) is 0 Å². The average Bonchev–Trinajstić information content (AvgIpc) is 2.90. The van der Waals surface area contributed by atoms with Gasteiger partial charge in [0.05, 0.1) is 0 Å². The highest BCUT2D eigenvalue weighted by Crippen LogP contribution is 2.64. The quantitative estimate of drug-likeness (QED) is 0.528. The Morgan fingerprint density at radius 3 is 2.29 bits per heavy atom. The topological polar surface area (TPSA) is 69.7 Å². The van der Waals surface area contributed by atoms with Crippen LogP contribution in [-0.2, 0) is 23.9 Å². The molecule has 0 radical (unpaired) electrons. The van der Waals surface area contributed by atoms with E-state index in [4.69, 9.17) is 9.47 Å². The van der Waals surface area contributed by atoms with Gasteiger partial charge in [-0.3, -0.25) is 14.4 Å². The minimum absolute atomic E-state index is 0.0327. The standard InChI is InChI=1S/C23H32O5/c1-13(24)27-16-7-9-22(3)15(11-16)12-19(28-14(2)25)21-17-5-6-20(26)23(17,4)10-8-18(21)22/h12,16-19,21H,5-11H2,1-4H3/t16-,17-,18-,19+,21-,22-,23-/m0/s1. The second-order valence-electron chi connectivity index (χ2n) is 9.87. The summed E-state index contributed by atoms with van der Waals surface area (Å²) in [6, 6.07) is 0. The number of fused-ring (bicyclic) bond motifs is 5. The van der Waals surface area contributed by atoms with Crippen molar-refractivity contribution in [3.05, 3.63) is 11.6 Å². The van der Waals surface area contributed by atoms with Crippen molar-refractivity contribution in [1.82, 2.24) is 0 Å². The summed E-state index contributed by atoms with van der Waals surface area (Å²) in [5.41, 5.74) is 1.03. The van der Waals surface area contributed by atoms with Gasteiger partial charge in [-0.05, 0) is 55.4 Å². The van der Waals surface area contributed by atoms with Gasteiger partial charge < -0.3 is 9.47 Å².